The molecule has 3 aliphatic rings. The highest BCUT2D eigenvalue weighted by molar-refractivity contribution is 6.05. The molecule has 1 aliphatic heterocycles. The van der Waals surface area contributed by atoms with Crippen molar-refractivity contribution in [3.8, 4) is 33.8 Å². The summed E-state index contributed by atoms with van der Waals surface area (Å²) >= 11 is 0. The first-order valence-corrected chi connectivity index (χ1v) is 15.2. The number of aromatic nitrogens is 1. The molecule has 2 heterocycles. The van der Waals surface area contributed by atoms with Crippen molar-refractivity contribution in [3.05, 3.63) is 161 Å². The van der Waals surface area contributed by atoms with Gasteiger partial charge in [-0.15, -0.1) is 0 Å². The molecule has 1 aromatic heterocycles. The molecule has 0 atom stereocenters. The van der Waals surface area contributed by atoms with Crippen LogP contribution in [0.2, 0.25) is 0 Å². The van der Waals surface area contributed by atoms with Gasteiger partial charge in [-0.2, -0.15) is 0 Å². The number of rotatable bonds is 1. The molecule has 0 fully saturated rings. The van der Waals surface area contributed by atoms with Crippen molar-refractivity contribution in [2.75, 3.05) is 0 Å². The van der Waals surface area contributed by atoms with E-state index < -0.39 is 5.41 Å². The molecule has 0 unspecified atom stereocenters. The van der Waals surface area contributed by atoms with Crippen LogP contribution in [-0.4, -0.2) is 4.98 Å². The van der Waals surface area contributed by atoms with Gasteiger partial charge in [0.25, 0.3) is 0 Å². The van der Waals surface area contributed by atoms with E-state index in [2.05, 4.69) is 138 Å². The molecule has 43 heavy (non-hydrogen) atoms. The molecule has 2 heteroatoms. The van der Waals surface area contributed by atoms with Gasteiger partial charge in [0.2, 0.25) is 0 Å². The van der Waals surface area contributed by atoms with E-state index >= 15 is 0 Å². The number of hydrogen-bond donors (Lipinski definition) is 1. The molecule has 2 aliphatic carbocycles. The van der Waals surface area contributed by atoms with Crippen LogP contribution < -0.4 is 4.74 Å². The minimum absolute atomic E-state index is 0.490. The second-order valence-corrected chi connectivity index (χ2v) is 12.0. The Kier molecular flexibility index (Phi) is 4.52. The minimum Gasteiger partial charge on any atom is -0.457 e. The predicted molar refractivity (Wildman–Crippen MR) is 176 cm³/mol. The van der Waals surface area contributed by atoms with Crippen molar-refractivity contribution in [3.63, 3.8) is 0 Å². The minimum atomic E-state index is -0.490. The number of benzene rings is 6. The number of allylic oxidation sites excluding steroid dienone is 1. The first kappa shape index (κ1) is 23.2. The highest BCUT2D eigenvalue weighted by atomic mass is 16.5. The standard InChI is InChI=1S/C41H27NO/c1-2-10-28-25(9-1)18-21-34-40(28)30-20-17-27(26-19-22-37-31(23-26)29-11-3-6-14-36(29)42-37)24-35(30)41(34)32-12-4-7-15-38(32)43-39-16-8-5-13-33(39)41/h1-5,7-13,15-24,42H,6,14H2. The molecule has 2 nitrogen and oxygen atoms in total. The van der Waals surface area contributed by atoms with E-state index in [4.69, 9.17) is 4.74 Å². The van der Waals surface area contributed by atoms with Gasteiger partial charge in [-0.05, 0) is 87.3 Å². The lowest BCUT2D eigenvalue weighted by Gasteiger charge is -2.39. The summed E-state index contributed by atoms with van der Waals surface area (Å²) in [6, 6.07) is 44.7. The summed E-state index contributed by atoms with van der Waals surface area (Å²) in [7, 11) is 0. The Morgan fingerprint density at radius 1 is 0.605 bits per heavy atom. The van der Waals surface area contributed by atoms with E-state index in [-0.39, 0.29) is 0 Å². The van der Waals surface area contributed by atoms with E-state index in [9.17, 15) is 0 Å². The topological polar surface area (TPSA) is 25.0 Å². The number of para-hydroxylation sites is 2. The van der Waals surface area contributed by atoms with E-state index in [0.29, 0.717) is 0 Å². The molecular weight excluding hydrogens is 522 g/mol. The average Bonchev–Trinajstić information content (AvgIpc) is 3.58. The van der Waals surface area contributed by atoms with Crippen LogP contribution in [0.25, 0.3) is 50.0 Å². The number of aromatic amines is 1. The zero-order valence-corrected chi connectivity index (χ0v) is 23.5. The summed E-state index contributed by atoms with van der Waals surface area (Å²) in [5, 5.41) is 3.85. The van der Waals surface area contributed by atoms with Gasteiger partial charge < -0.3 is 9.72 Å². The fourth-order valence-corrected chi connectivity index (χ4v) is 8.11. The molecule has 0 amide bonds. The van der Waals surface area contributed by atoms with E-state index in [1.165, 1.54) is 77.4 Å². The summed E-state index contributed by atoms with van der Waals surface area (Å²) in [6.45, 7) is 0. The molecule has 1 N–H and O–H groups in total. The zero-order valence-electron chi connectivity index (χ0n) is 23.5. The zero-order chi connectivity index (χ0) is 28.1. The average molecular weight is 550 g/mol. The number of H-pyrrole nitrogens is 1. The van der Waals surface area contributed by atoms with E-state index in [1.807, 2.05) is 0 Å². The van der Waals surface area contributed by atoms with Gasteiger partial charge in [0, 0.05) is 33.3 Å². The maximum atomic E-state index is 6.58. The van der Waals surface area contributed by atoms with E-state index in [0.717, 1.165) is 24.3 Å². The fraction of sp³-hybridized carbons (Fsp3) is 0.0732. The largest absolute Gasteiger partial charge is 0.457 e. The van der Waals surface area contributed by atoms with Crippen LogP contribution in [0.3, 0.4) is 0 Å². The van der Waals surface area contributed by atoms with Crippen molar-refractivity contribution in [2.45, 2.75) is 18.3 Å². The number of nitrogens with one attached hydrogen (secondary N) is 1. The lowest BCUT2D eigenvalue weighted by atomic mass is 9.66. The van der Waals surface area contributed by atoms with Crippen molar-refractivity contribution in [2.24, 2.45) is 0 Å². The van der Waals surface area contributed by atoms with Crippen LogP contribution in [0.15, 0.2) is 127 Å². The highest BCUT2D eigenvalue weighted by Crippen LogP contribution is 2.63. The molecule has 6 aromatic carbocycles. The van der Waals surface area contributed by atoms with Gasteiger partial charge in [0.15, 0.2) is 0 Å². The summed E-state index contributed by atoms with van der Waals surface area (Å²) < 4.78 is 6.58. The third-order valence-electron chi connectivity index (χ3n) is 9.93. The van der Waals surface area contributed by atoms with Crippen LogP contribution in [0.1, 0.15) is 39.9 Å². The molecule has 10 rings (SSSR count). The first-order valence-electron chi connectivity index (χ1n) is 15.2. The lowest BCUT2D eigenvalue weighted by molar-refractivity contribution is 0.436. The Bertz CT molecular complexity index is 2290. The Morgan fingerprint density at radius 3 is 2.21 bits per heavy atom. The second kappa shape index (κ2) is 8.36. The number of aryl methyl sites for hydroxylation is 1. The summed E-state index contributed by atoms with van der Waals surface area (Å²) in [5.74, 6) is 1.84. The number of hydrogen-bond acceptors (Lipinski definition) is 1. The maximum absolute atomic E-state index is 6.58. The Labute approximate surface area is 249 Å². The van der Waals surface area contributed by atoms with Gasteiger partial charge in [-0.25, -0.2) is 0 Å². The summed E-state index contributed by atoms with van der Waals surface area (Å²) in [4.78, 5) is 3.67. The number of fused-ring (bicyclic) bond motifs is 14. The van der Waals surface area contributed by atoms with Gasteiger partial charge in [0.1, 0.15) is 11.5 Å². The van der Waals surface area contributed by atoms with Crippen LogP contribution >= 0.6 is 0 Å². The fourth-order valence-electron chi connectivity index (χ4n) is 8.11. The predicted octanol–water partition coefficient (Wildman–Crippen LogP) is 10.4. The molecule has 1 spiro atoms. The SMILES string of the molecule is C1=Cc2c([nH]c3ccc(-c4ccc5c(c4)C4(c6ccccc6Oc6ccccc64)c4ccc6ccccc6c4-5)cc23)CC1. The molecule has 202 valence electrons. The third kappa shape index (κ3) is 2.98. The Hall–Kier alpha value is -5.34. The Morgan fingerprint density at radius 2 is 1.35 bits per heavy atom. The second-order valence-electron chi connectivity index (χ2n) is 12.0. The van der Waals surface area contributed by atoms with Gasteiger partial charge in [-0.3, -0.25) is 0 Å². The highest BCUT2D eigenvalue weighted by Gasteiger charge is 2.51. The molecule has 7 aromatic rings. The monoisotopic (exact) mass is 549 g/mol. The molecule has 0 bridgehead atoms. The molecule has 0 saturated carbocycles. The summed E-state index contributed by atoms with van der Waals surface area (Å²) in [6.07, 6.45) is 6.76. The van der Waals surface area contributed by atoms with Crippen molar-refractivity contribution >= 4 is 27.8 Å². The molecule has 0 radical (unpaired) electrons. The van der Waals surface area contributed by atoms with Crippen LogP contribution in [0.5, 0.6) is 11.5 Å². The Balaban J connectivity index is 1.31. The lowest BCUT2D eigenvalue weighted by Crippen LogP contribution is -2.32. The van der Waals surface area contributed by atoms with Crippen molar-refractivity contribution in [1.82, 2.24) is 4.98 Å². The van der Waals surface area contributed by atoms with Gasteiger partial charge >= 0.3 is 0 Å². The number of ether oxygens (including phenoxy) is 1. The molecular formula is C41H27NO. The van der Waals surface area contributed by atoms with Crippen molar-refractivity contribution in [1.29, 1.82) is 0 Å². The quantitative estimate of drug-likeness (QED) is 0.216. The third-order valence-corrected chi connectivity index (χ3v) is 9.93. The van der Waals surface area contributed by atoms with Crippen LogP contribution in [-0.2, 0) is 11.8 Å². The summed E-state index contributed by atoms with van der Waals surface area (Å²) in [5.41, 5.74) is 13.5. The van der Waals surface area contributed by atoms with Gasteiger partial charge in [0.05, 0.1) is 5.41 Å². The first-order chi connectivity index (χ1) is 21.3. The van der Waals surface area contributed by atoms with Crippen LogP contribution in [0, 0.1) is 0 Å². The van der Waals surface area contributed by atoms with Crippen molar-refractivity contribution < 1.29 is 4.74 Å². The normalized spacial score (nSPS) is 15.1. The molecule has 0 saturated heterocycles. The van der Waals surface area contributed by atoms with Crippen LogP contribution in [0.4, 0.5) is 0 Å². The maximum Gasteiger partial charge on any atom is 0.132 e. The van der Waals surface area contributed by atoms with E-state index in [1.54, 1.807) is 0 Å². The smallest absolute Gasteiger partial charge is 0.132 e. The van der Waals surface area contributed by atoms with Gasteiger partial charge in [-0.1, -0.05) is 103 Å².